The van der Waals surface area contributed by atoms with Crippen molar-refractivity contribution in [3.8, 4) is 11.5 Å². The van der Waals surface area contributed by atoms with E-state index in [1.807, 2.05) is 24.3 Å². The van der Waals surface area contributed by atoms with Crippen LogP contribution >= 0.6 is 23.2 Å². The Balaban J connectivity index is 1.95. The van der Waals surface area contributed by atoms with Crippen LogP contribution in [-0.4, -0.2) is 19.1 Å². The second kappa shape index (κ2) is 8.09. The molecule has 0 aromatic heterocycles. The lowest BCUT2D eigenvalue weighted by molar-refractivity contribution is -0.127. The maximum atomic E-state index is 12.2. The number of hydrogen-bond acceptors (Lipinski definition) is 3. The first kappa shape index (κ1) is 17.4. The van der Waals surface area contributed by atoms with Crippen LogP contribution in [-0.2, 0) is 11.3 Å². The highest BCUT2D eigenvalue weighted by molar-refractivity contribution is 6.35. The van der Waals surface area contributed by atoms with Gasteiger partial charge in [0, 0.05) is 17.1 Å². The Morgan fingerprint density at radius 1 is 1.17 bits per heavy atom. The average molecular weight is 354 g/mol. The molecule has 6 heteroatoms. The van der Waals surface area contributed by atoms with Crippen molar-refractivity contribution in [2.75, 3.05) is 7.11 Å². The van der Waals surface area contributed by atoms with Crippen LogP contribution in [0.2, 0.25) is 10.0 Å². The van der Waals surface area contributed by atoms with Gasteiger partial charge in [-0.2, -0.15) is 0 Å². The summed E-state index contributed by atoms with van der Waals surface area (Å²) in [5, 5.41) is 3.68. The first-order valence-electron chi connectivity index (χ1n) is 7.02. The van der Waals surface area contributed by atoms with Gasteiger partial charge >= 0.3 is 0 Å². The first-order chi connectivity index (χ1) is 11.0. The third kappa shape index (κ3) is 4.78. The molecule has 1 N–H and O–H groups in total. The fourth-order valence-corrected chi connectivity index (χ4v) is 2.44. The minimum Gasteiger partial charge on any atom is -0.496 e. The molecule has 0 saturated carbocycles. The molecular formula is C17H17Cl2NO3. The standard InChI is InChI=1S/C17H17Cl2NO3/c1-11(23-16-8-7-13(18)9-14(16)19)17(21)20-10-12-5-3-4-6-15(12)22-2/h3-9,11H,10H2,1-2H3,(H,20,21)/t11-/m1/s1. The predicted octanol–water partition coefficient (Wildman–Crippen LogP) is 4.09. The van der Waals surface area contributed by atoms with Crippen molar-refractivity contribution in [1.29, 1.82) is 0 Å². The van der Waals surface area contributed by atoms with E-state index in [0.29, 0.717) is 22.3 Å². The summed E-state index contributed by atoms with van der Waals surface area (Å²) < 4.78 is 10.8. The van der Waals surface area contributed by atoms with Crippen LogP contribution in [0.3, 0.4) is 0 Å². The van der Waals surface area contributed by atoms with Gasteiger partial charge in [-0.05, 0) is 31.2 Å². The van der Waals surface area contributed by atoms with E-state index in [1.54, 1.807) is 32.2 Å². The lowest BCUT2D eigenvalue weighted by atomic mass is 10.2. The van der Waals surface area contributed by atoms with Gasteiger partial charge in [0.1, 0.15) is 11.5 Å². The van der Waals surface area contributed by atoms with Gasteiger partial charge in [0.25, 0.3) is 5.91 Å². The second-order valence-electron chi connectivity index (χ2n) is 4.86. The predicted molar refractivity (Wildman–Crippen MR) is 91.4 cm³/mol. The smallest absolute Gasteiger partial charge is 0.261 e. The van der Waals surface area contributed by atoms with Crippen molar-refractivity contribution in [3.05, 3.63) is 58.1 Å². The quantitative estimate of drug-likeness (QED) is 0.850. The Kier molecular flexibility index (Phi) is 6.13. The summed E-state index contributed by atoms with van der Waals surface area (Å²) >= 11 is 11.9. The number of ether oxygens (including phenoxy) is 2. The van der Waals surface area contributed by atoms with Crippen LogP contribution < -0.4 is 14.8 Å². The van der Waals surface area contributed by atoms with Gasteiger partial charge in [0.05, 0.1) is 12.1 Å². The number of methoxy groups -OCH3 is 1. The second-order valence-corrected chi connectivity index (χ2v) is 5.71. The molecule has 0 fully saturated rings. The van der Waals surface area contributed by atoms with E-state index < -0.39 is 6.10 Å². The Hall–Kier alpha value is -1.91. The molecule has 122 valence electrons. The topological polar surface area (TPSA) is 47.6 Å². The molecule has 0 radical (unpaired) electrons. The van der Waals surface area contributed by atoms with Crippen molar-refractivity contribution in [1.82, 2.24) is 5.32 Å². The first-order valence-corrected chi connectivity index (χ1v) is 7.78. The maximum absolute atomic E-state index is 12.2. The van der Waals surface area contributed by atoms with Gasteiger partial charge in [-0.25, -0.2) is 0 Å². The fourth-order valence-electron chi connectivity index (χ4n) is 1.99. The van der Waals surface area contributed by atoms with Gasteiger partial charge in [-0.3, -0.25) is 4.79 Å². The summed E-state index contributed by atoms with van der Waals surface area (Å²) in [4.78, 5) is 12.2. The van der Waals surface area contributed by atoms with Crippen molar-refractivity contribution in [2.24, 2.45) is 0 Å². The summed E-state index contributed by atoms with van der Waals surface area (Å²) in [6, 6.07) is 12.3. The number of halogens is 2. The highest BCUT2D eigenvalue weighted by Crippen LogP contribution is 2.28. The van der Waals surface area contributed by atoms with Crippen molar-refractivity contribution in [2.45, 2.75) is 19.6 Å². The molecule has 0 aliphatic carbocycles. The van der Waals surface area contributed by atoms with E-state index in [-0.39, 0.29) is 5.91 Å². The van der Waals surface area contributed by atoms with E-state index in [9.17, 15) is 4.79 Å². The lowest BCUT2D eigenvalue weighted by Gasteiger charge is -2.16. The highest BCUT2D eigenvalue weighted by atomic mass is 35.5. The number of rotatable bonds is 6. The summed E-state index contributed by atoms with van der Waals surface area (Å²) in [6.07, 6.45) is -0.691. The molecule has 0 saturated heterocycles. The molecule has 0 spiro atoms. The van der Waals surface area contributed by atoms with E-state index in [1.165, 1.54) is 0 Å². The van der Waals surface area contributed by atoms with Crippen LogP contribution in [0.25, 0.3) is 0 Å². The van der Waals surface area contributed by atoms with Crippen molar-refractivity contribution >= 4 is 29.1 Å². The molecular weight excluding hydrogens is 337 g/mol. The normalized spacial score (nSPS) is 11.7. The molecule has 2 aromatic carbocycles. The van der Waals surface area contributed by atoms with E-state index in [2.05, 4.69) is 5.32 Å². The molecule has 0 aliphatic rings. The van der Waals surface area contributed by atoms with Crippen LogP contribution in [0.15, 0.2) is 42.5 Å². The fraction of sp³-hybridized carbons (Fsp3) is 0.235. The van der Waals surface area contributed by atoms with Gasteiger partial charge < -0.3 is 14.8 Å². The van der Waals surface area contributed by atoms with Gasteiger partial charge in [0.15, 0.2) is 6.10 Å². The molecule has 0 heterocycles. The maximum Gasteiger partial charge on any atom is 0.261 e. The summed E-state index contributed by atoms with van der Waals surface area (Å²) in [5.74, 6) is 0.889. The Morgan fingerprint density at radius 3 is 2.61 bits per heavy atom. The minimum atomic E-state index is -0.691. The number of nitrogens with one attached hydrogen (secondary N) is 1. The number of hydrogen-bond donors (Lipinski definition) is 1. The van der Waals surface area contributed by atoms with Gasteiger partial charge in [0.2, 0.25) is 0 Å². The molecule has 2 aromatic rings. The average Bonchev–Trinajstić information content (AvgIpc) is 2.55. The number of amides is 1. The molecule has 1 amide bonds. The third-order valence-electron chi connectivity index (χ3n) is 3.21. The van der Waals surface area contributed by atoms with Crippen LogP contribution in [0.1, 0.15) is 12.5 Å². The summed E-state index contributed by atoms with van der Waals surface area (Å²) in [5.41, 5.74) is 0.889. The molecule has 23 heavy (non-hydrogen) atoms. The number of carbonyl (C=O) groups is 1. The Labute approximate surface area is 145 Å². The highest BCUT2D eigenvalue weighted by Gasteiger charge is 2.16. The van der Waals surface area contributed by atoms with E-state index >= 15 is 0 Å². The summed E-state index contributed by atoms with van der Waals surface area (Å²) in [6.45, 7) is 2.01. The third-order valence-corrected chi connectivity index (χ3v) is 3.74. The molecule has 0 bridgehead atoms. The number of benzene rings is 2. The van der Waals surface area contributed by atoms with Gasteiger partial charge in [-0.15, -0.1) is 0 Å². The van der Waals surface area contributed by atoms with Crippen molar-refractivity contribution < 1.29 is 14.3 Å². The zero-order chi connectivity index (χ0) is 16.8. The van der Waals surface area contributed by atoms with Crippen LogP contribution in [0.5, 0.6) is 11.5 Å². The zero-order valence-electron chi connectivity index (χ0n) is 12.8. The minimum absolute atomic E-state index is 0.248. The Morgan fingerprint density at radius 2 is 1.91 bits per heavy atom. The summed E-state index contributed by atoms with van der Waals surface area (Å²) in [7, 11) is 1.59. The molecule has 2 rings (SSSR count). The number of para-hydroxylation sites is 1. The molecule has 4 nitrogen and oxygen atoms in total. The molecule has 0 aliphatic heterocycles. The van der Waals surface area contributed by atoms with E-state index in [0.717, 1.165) is 11.3 Å². The SMILES string of the molecule is COc1ccccc1CNC(=O)[C@@H](C)Oc1ccc(Cl)cc1Cl. The van der Waals surface area contributed by atoms with Crippen molar-refractivity contribution in [3.63, 3.8) is 0 Å². The molecule has 1 atom stereocenters. The lowest BCUT2D eigenvalue weighted by Crippen LogP contribution is -2.36. The molecule has 0 unspecified atom stereocenters. The number of carbonyl (C=O) groups excluding carboxylic acids is 1. The van der Waals surface area contributed by atoms with Crippen LogP contribution in [0, 0.1) is 0 Å². The van der Waals surface area contributed by atoms with Gasteiger partial charge in [-0.1, -0.05) is 41.4 Å². The van der Waals surface area contributed by atoms with E-state index in [4.69, 9.17) is 32.7 Å². The Bertz CT molecular complexity index is 691. The monoisotopic (exact) mass is 353 g/mol. The largest absolute Gasteiger partial charge is 0.496 e. The van der Waals surface area contributed by atoms with Crippen LogP contribution in [0.4, 0.5) is 0 Å². The zero-order valence-corrected chi connectivity index (χ0v) is 14.3.